The van der Waals surface area contributed by atoms with Crippen LogP contribution in [0.3, 0.4) is 0 Å². The molecule has 0 saturated carbocycles. The number of nitrogens with one attached hydrogen (secondary N) is 3. The second-order valence-electron chi connectivity index (χ2n) is 5.83. The number of carbonyl (C=O) groups excluding carboxylic acids is 1. The van der Waals surface area contributed by atoms with E-state index in [9.17, 15) is 4.79 Å². The number of hydrogen-bond donors (Lipinski definition) is 3. The molecule has 0 bridgehead atoms. The third-order valence-electron chi connectivity index (χ3n) is 3.71. The average molecular weight is 348 g/mol. The van der Waals surface area contributed by atoms with E-state index in [0.29, 0.717) is 24.0 Å². The molecule has 3 aromatic rings. The number of benzene rings is 2. The second-order valence-corrected chi connectivity index (χ2v) is 5.83. The van der Waals surface area contributed by atoms with Crippen molar-refractivity contribution >= 4 is 29.0 Å². The Labute approximate surface area is 151 Å². The van der Waals surface area contributed by atoms with Gasteiger partial charge >= 0.3 is 0 Å². The highest BCUT2D eigenvalue weighted by atomic mass is 16.1. The van der Waals surface area contributed by atoms with Crippen LogP contribution in [-0.4, -0.2) is 21.1 Å². The predicted molar refractivity (Wildman–Crippen MR) is 102 cm³/mol. The van der Waals surface area contributed by atoms with Gasteiger partial charge in [0, 0.05) is 24.8 Å². The fraction of sp³-hybridized carbons (Fsp3) is 0.158. The molecule has 0 aliphatic rings. The Balaban J connectivity index is 1.67. The fourth-order valence-electron chi connectivity index (χ4n) is 2.45. The van der Waals surface area contributed by atoms with Crippen molar-refractivity contribution in [2.45, 2.75) is 20.4 Å². The zero-order chi connectivity index (χ0) is 18.4. The molecule has 0 spiro atoms. The molecule has 1 amide bonds. The van der Waals surface area contributed by atoms with Crippen LogP contribution in [0.1, 0.15) is 18.1 Å². The van der Waals surface area contributed by atoms with Crippen molar-refractivity contribution < 1.29 is 4.79 Å². The first-order valence-corrected chi connectivity index (χ1v) is 8.23. The van der Waals surface area contributed by atoms with E-state index in [0.717, 1.165) is 5.69 Å². The molecular weight excluding hydrogens is 328 g/mol. The van der Waals surface area contributed by atoms with Gasteiger partial charge in [0.2, 0.25) is 11.9 Å². The summed E-state index contributed by atoms with van der Waals surface area (Å²) in [6.45, 7) is 4.16. The minimum absolute atomic E-state index is 0.117. The first-order valence-electron chi connectivity index (χ1n) is 8.23. The van der Waals surface area contributed by atoms with Gasteiger partial charge in [0.25, 0.3) is 0 Å². The lowest BCUT2D eigenvalue weighted by molar-refractivity contribution is -0.114. The maximum Gasteiger partial charge on any atom is 0.244 e. The van der Waals surface area contributed by atoms with Gasteiger partial charge in [0.05, 0.1) is 6.20 Å². The fourth-order valence-corrected chi connectivity index (χ4v) is 2.45. The Kier molecular flexibility index (Phi) is 5.38. The molecule has 0 aliphatic heterocycles. The van der Waals surface area contributed by atoms with Gasteiger partial charge in [-0.2, -0.15) is 10.1 Å². The van der Waals surface area contributed by atoms with Crippen LogP contribution in [0.25, 0.3) is 0 Å². The van der Waals surface area contributed by atoms with Crippen molar-refractivity contribution in [1.29, 1.82) is 0 Å². The Morgan fingerprint density at radius 3 is 2.69 bits per heavy atom. The lowest BCUT2D eigenvalue weighted by Gasteiger charge is -2.10. The van der Waals surface area contributed by atoms with Crippen molar-refractivity contribution in [3.05, 3.63) is 65.9 Å². The van der Waals surface area contributed by atoms with Crippen LogP contribution in [0.4, 0.5) is 23.1 Å². The van der Waals surface area contributed by atoms with E-state index >= 15 is 0 Å². The number of aromatic nitrogens is 3. The number of amides is 1. The Hall–Kier alpha value is -3.48. The van der Waals surface area contributed by atoms with E-state index in [1.807, 2.05) is 36.4 Å². The summed E-state index contributed by atoms with van der Waals surface area (Å²) in [4.78, 5) is 15.6. The molecule has 2 aromatic carbocycles. The van der Waals surface area contributed by atoms with Crippen LogP contribution in [0.5, 0.6) is 0 Å². The first kappa shape index (κ1) is 17.3. The quantitative estimate of drug-likeness (QED) is 0.631. The summed E-state index contributed by atoms with van der Waals surface area (Å²) in [5.41, 5.74) is 3.89. The molecule has 3 rings (SSSR count). The number of aryl methyl sites for hydroxylation is 1. The number of anilines is 4. The van der Waals surface area contributed by atoms with Crippen LogP contribution in [0.15, 0.2) is 54.7 Å². The lowest BCUT2D eigenvalue weighted by atomic mass is 10.1. The molecule has 0 saturated heterocycles. The van der Waals surface area contributed by atoms with Crippen molar-refractivity contribution in [2.24, 2.45) is 0 Å². The minimum atomic E-state index is -0.117. The predicted octanol–water partition coefficient (Wildman–Crippen LogP) is 3.49. The molecule has 0 fully saturated rings. The van der Waals surface area contributed by atoms with Gasteiger partial charge in [-0.25, -0.2) is 0 Å². The molecule has 3 N–H and O–H groups in total. The molecule has 1 heterocycles. The summed E-state index contributed by atoms with van der Waals surface area (Å²) >= 11 is 0. The van der Waals surface area contributed by atoms with Crippen LogP contribution in [0.2, 0.25) is 0 Å². The standard InChI is InChI=1S/C19H20N6O/c1-13-6-3-4-7-15(13)11-20-19-24-18(12-21-25-19)23-17-9-5-8-16(10-17)22-14(2)26/h3-10,12H,11H2,1-2H3,(H,22,26)(H2,20,23,24,25). The Morgan fingerprint density at radius 2 is 1.88 bits per heavy atom. The maximum atomic E-state index is 11.2. The summed E-state index contributed by atoms with van der Waals surface area (Å²) in [7, 11) is 0. The number of rotatable bonds is 6. The smallest absolute Gasteiger partial charge is 0.244 e. The van der Waals surface area contributed by atoms with E-state index in [4.69, 9.17) is 0 Å². The van der Waals surface area contributed by atoms with Gasteiger partial charge in [0.1, 0.15) is 0 Å². The molecule has 7 nitrogen and oxygen atoms in total. The van der Waals surface area contributed by atoms with Gasteiger partial charge in [0.15, 0.2) is 5.82 Å². The molecular formula is C19H20N6O. The molecule has 26 heavy (non-hydrogen) atoms. The van der Waals surface area contributed by atoms with E-state index in [2.05, 4.69) is 50.2 Å². The largest absolute Gasteiger partial charge is 0.349 e. The summed E-state index contributed by atoms with van der Waals surface area (Å²) in [6, 6.07) is 15.5. The minimum Gasteiger partial charge on any atom is -0.349 e. The van der Waals surface area contributed by atoms with Crippen LogP contribution in [0, 0.1) is 6.92 Å². The number of carbonyl (C=O) groups is 1. The third-order valence-corrected chi connectivity index (χ3v) is 3.71. The van der Waals surface area contributed by atoms with Crippen molar-refractivity contribution in [2.75, 3.05) is 16.0 Å². The van der Waals surface area contributed by atoms with Crippen LogP contribution in [-0.2, 0) is 11.3 Å². The molecule has 0 atom stereocenters. The van der Waals surface area contributed by atoms with Gasteiger partial charge in [-0.05, 0) is 36.2 Å². The third kappa shape index (κ3) is 4.76. The van der Waals surface area contributed by atoms with E-state index < -0.39 is 0 Å². The topological polar surface area (TPSA) is 91.8 Å². The summed E-state index contributed by atoms with van der Waals surface area (Å²) in [5.74, 6) is 0.886. The summed E-state index contributed by atoms with van der Waals surface area (Å²) < 4.78 is 0. The SMILES string of the molecule is CC(=O)Nc1cccc(Nc2cnnc(NCc3ccccc3C)n2)c1. The van der Waals surface area contributed by atoms with E-state index in [-0.39, 0.29) is 5.91 Å². The van der Waals surface area contributed by atoms with Crippen LogP contribution < -0.4 is 16.0 Å². The maximum absolute atomic E-state index is 11.2. The van der Waals surface area contributed by atoms with E-state index in [1.165, 1.54) is 18.1 Å². The van der Waals surface area contributed by atoms with Crippen molar-refractivity contribution in [1.82, 2.24) is 15.2 Å². The highest BCUT2D eigenvalue weighted by molar-refractivity contribution is 5.89. The Morgan fingerprint density at radius 1 is 1.08 bits per heavy atom. The van der Waals surface area contributed by atoms with Crippen LogP contribution >= 0.6 is 0 Å². The highest BCUT2D eigenvalue weighted by Gasteiger charge is 2.04. The highest BCUT2D eigenvalue weighted by Crippen LogP contribution is 2.19. The molecule has 0 unspecified atom stereocenters. The molecule has 132 valence electrons. The molecule has 1 aromatic heterocycles. The monoisotopic (exact) mass is 348 g/mol. The van der Waals surface area contributed by atoms with E-state index in [1.54, 1.807) is 6.20 Å². The number of hydrogen-bond acceptors (Lipinski definition) is 6. The molecule has 0 aliphatic carbocycles. The zero-order valence-electron chi connectivity index (χ0n) is 14.7. The second kappa shape index (κ2) is 8.06. The van der Waals surface area contributed by atoms with Gasteiger partial charge in [-0.1, -0.05) is 30.3 Å². The zero-order valence-corrected chi connectivity index (χ0v) is 14.7. The van der Waals surface area contributed by atoms with Gasteiger partial charge < -0.3 is 16.0 Å². The molecule has 7 heteroatoms. The van der Waals surface area contributed by atoms with Gasteiger partial charge in [-0.15, -0.1) is 5.10 Å². The van der Waals surface area contributed by atoms with Gasteiger partial charge in [-0.3, -0.25) is 4.79 Å². The van der Waals surface area contributed by atoms with Crippen molar-refractivity contribution in [3.63, 3.8) is 0 Å². The summed E-state index contributed by atoms with van der Waals surface area (Å²) in [6.07, 6.45) is 1.55. The summed E-state index contributed by atoms with van der Waals surface area (Å²) in [5, 5.41) is 17.1. The first-order chi connectivity index (χ1) is 12.6. The lowest BCUT2D eigenvalue weighted by Crippen LogP contribution is -2.08. The average Bonchev–Trinajstić information content (AvgIpc) is 2.61. The number of nitrogens with zero attached hydrogens (tertiary/aromatic N) is 3. The van der Waals surface area contributed by atoms with Crippen molar-refractivity contribution in [3.8, 4) is 0 Å². The Bertz CT molecular complexity index is 912. The molecule has 0 radical (unpaired) electrons. The normalized spacial score (nSPS) is 10.2.